The van der Waals surface area contributed by atoms with Crippen LogP contribution in [0.2, 0.25) is 0 Å². The van der Waals surface area contributed by atoms with Crippen molar-refractivity contribution in [2.24, 2.45) is 23.5 Å². The van der Waals surface area contributed by atoms with E-state index in [9.17, 15) is 14.4 Å². The lowest BCUT2D eigenvalue weighted by molar-refractivity contribution is -0.149. The van der Waals surface area contributed by atoms with Crippen LogP contribution >= 0.6 is 0 Å². The van der Waals surface area contributed by atoms with Crippen LogP contribution in [0.4, 0.5) is 0 Å². The van der Waals surface area contributed by atoms with Crippen LogP contribution in [0.3, 0.4) is 0 Å². The van der Waals surface area contributed by atoms with Crippen LogP contribution in [-0.2, 0) is 19.1 Å². The number of rotatable bonds is 9. The van der Waals surface area contributed by atoms with Gasteiger partial charge in [0, 0.05) is 38.2 Å². The van der Waals surface area contributed by atoms with Crippen LogP contribution in [0.25, 0.3) is 0 Å². The molecule has 1 heterocycles. The molecule has 3 aliphatic carbocycles. The number of piperidine rings is 1. The number of methoxy groups -OCH3 is 1. The first-order chi connectivity index (χ1) is 15.5. The third-order valence-corrected chi connectivity index (χ3v) is 7.84. The molecule has 1 saturated heterocycles. The van der Waals surface area contributed by atoms with Crippen molar-refractivity contribution in [2.45, 2.75) is 82.3 Å². The summed E-state index contributed by atoms with van der Waals surface area (Å²) < 4.78 is 5.06. The zero-order valence-electron chi connectivity index (χ0n) is 19.5. The van der Waals surface area contributed by atoms with Crippen LogP contribution < -0.4 is 11.1 Å². The molecule has 1 unspecified atom stereocenters. The SMILES string of the molecule is COCC(=O)N1CCC(N(C(=O)C2CC2)C2CC2)C[C@@H]1C(=O)NCC1CCC(CN)CC1. The molecule has 0 bridgehead atoms. The Labute approximate surface area is 191 Å². The molecule has 3 amide bonds. The Bertz CT molecular complexity index is 685. The summed E-state index contributed by atoms with van der Waals surface area (Å²) in [6, 6.07) is -0.168. The number of nitrogens with one attached hydrogen (secondary N) is 1. The van der Waals surface area contributed by atoms with Crippen molar-refractivity contribution in [2.75, 3.05) is 33.4 Å². The summed E-state index contributed by atoms with van der Waals surface area (Å²) in [5.74, 6) is 1.30. The Morgan fingerprint density at radius 2 is 1.66 bits per heavy atom. The van der Waals surface area contributed by atoms with Crippen molar-refractivity contribution in [3.05, 3.63) is 0 Å². The molecule has 32 heavy (non-hydrogen) atoms. The normalized spacial score (nSPS) is 30.6. The van der Waals surface area contributed by atoms with E-state index in [-0.39, 0.29) is 36.3 Å². The third kappa shape index (κ3) is 5.63. The molecule has 180 valence electrons. The number of hydrogen-bond donors (Lipinski definition) is 2. The minimum Gasteiger partial charge on any atom is -0.375 e. The van der Waals surface area contributed by atoms with Gasteiger partial charge in [0.15, 0.2) is 0 Å². The van der Waals surface area contributed by atoms with Gasteiger partial charge in [0.25, 0.3) is 0 Å². The minimum atomic E-state index is -0.537. The van der Waals surface area contributed by atoms with Gasteiger partial charge in [-0.3, -0.25) is 14.4 Å². The van der Waals surface area contributed by atoms with Gasteiger partial charge in [0.05, 0.1) is 0 Å². The first-order valence-corrected chi connectivity index (χ1v) is 12.6. The molecular weight excluding hydrogens is 408 g/mol. The second-order valence-electron chi connectivity index (χ2n) is 10.3. The molecule has 0 radical (unpaired) electrons. The van der Waals surface area contributed by atoms with Crippen molar-refractivity contribution < 1.29 is 19.1 Å². The standard InChI is InChI=1S/C24H40N4O4/c1-32-15-22(29)27-11-10-20(28(19-8-9-19)24(31)18-6-7-18)12-21(27)23(30)26-14-17-4-2-16(13-25)3-5-17/h16-21H,2-15,25H2,1H3,(H,26,30)/t16?,17?,20?,21-/m1/s1. The van der Waals surface area contributed by atoms with Gasteiger partial charge in [0.2, 0.25) is 17.7 Å². The predicted octanol–water partition coefficient (Wildman–Crippen LogP) is 1.27. The summed E-state index contributed by atoms with van der Waals surface area (Å²) in [5.41, 5.74) is 5.80. The van der Waals surface area contributed by atoms with Crippen molar-refractivity contribution in [3.8, 4) is 0 Å². The molecular formula is C24H40N4O4. The lowest BCUT2D eigenvalue weighted by Gasteiger charge is -2.43. The van der Waals surface area contributed by atoms with Gasteiger partial charge in [-0.15, -0.1) is 0 Å². The number of nitrogens with two attached hydrogens (primary N) is 1. The number of carbonyl (C=O) groups excluding carboxylic acids is 3. The minimum absolute atomic E-state index is 0.0229. The summed E-state index contributed by atoms with van der Waals surface area (Å²) in [6.45, 7) is 1.87. The Hall–Kier alpha value is -1.67. The highest BCUT2D eigenvalue weighted by Gasteiger charge is 2.46. The lowest BCUT2D eigenvalue weighted by atomic mass is 9.82. The van der Waals surface area contributed by atoms with Crippen LogP contribution in [-0.4, -0.2) is 79.0 Å². The molecule has 4 fully saturated rings. The summed E-state index contributed by atoms with van der Waals surface area (Å²) >= 11 is 0. The van der Waals surface area contributed by atoms with Crippen molar-refractivity contribution in [1.29, 1.82) is 0 Å². The van der Waals surface area contributed by atoms with E-state index in [1.165, 1.54) is 7.11 Å². The van der Waals surface area contributed by atoms with E-state index in [1.54, 1.807) is 4.90 Å². The molecule has 0 aromatic rings. The van der Waals surface area contributed by atoms with Crippen LogP contribution in [0.15, 0.2) is 0 Å². The van der Waals surface area contributed by atoms with Gasteiger partial charge in [-0.2, -0.15) is 0 Å². The van der Waals surface area contributed by atoms with Crippen molar-refractivity contribution >= 4 is 17.7 Å². The van der Waals surface area contributed by atoms with E-state index < -0.39 is 6.04 Å². The second kappa shape index (κ2) is 10.5. The van der Waals surface area contributed by atoms with E-state index in [4.69, 9.17) is 10.5 Å². The quantitative estimate of drug-likeness (QED) is 0.553. The molecule has 0 spiro atoms. The Balaban J connectivity index is 1.39. The fourth-order valence-corrected chi connectivity index (χ4v) is 5.54. The maximum Gasteiger partial charge on any atom is 0.249 e. The van der Waals surface area contributed by atoms with Crippen molar-refractivity contribution in [1.82, 2.24) is 15.1 Å². The Morgan fingerprint density at radius 1 is 0.969 bits per heavy atom. The zero-order valence-corrected chi connectivity index (χ0v) is 19.5. The average molecular weight is 449 g/mol. The number of hydrogen-bond acceptors (Lipinski definition) is 5. The summed E-state index contributed by atoms with van der Waals surface area (Å²) in [4.78, 5) is 42.7. The van der Waals surface area contributed by atoms with Gasteiger partial charge < -0.3 is 25.6 Å². The largest absolute Gasteiger partial charge is 0.375 e. The number of nitrogens with zero attached hydrogens (tertiary/aromatic N) is 2. The third-order valence-electron chi connectivity index (χ3n) is 7.84. The van der Waals surface area contributed by atoms with Gasteiger partial charge >= 0.3 is 0 Å². The number of carbonyl (C=O) groups is 3. The molecule has 3 N–H and O–H groups in total. The van der Waals surface area contributed by atoms with E-state index >= 15 is 0 Å². The Morgan fingerprint density at radius 3 is 2.25 bits per heavy atom. The van der Waals surface area contributed by atoms with Gasteiger partial charge in [0.1, 0.15) is 12.6 Å². The summed E-state index contributed by atoms with van der Waals surface area (Å²) in [6.07, 6.45) is 9.79. The van der Waals surface area contributed by atoms with E-state index in [1.807, 2.05) is 0 Å². The lowest BCUT2D eigenvalue weighted by Crippen LogP contribution is -2.59. The molecule has 0 aromatic carbocycles. The maximum atomic E-state index is 13.3. The zero-order chi connectivity index (χ0) is 22.7. The maximum absolute atomic E-state index is 13.3. The summed E-state index contributed by atoms with van der Waals surface area (Å²) in [5, 5.41) is 3.14. The number of likely N-dealkylation sites (tertiary alicyclic amines) is 1. The van der Waals surface area contributed by atoms with Gasteiger partial charge in [-0.05, 0) is 82.6 Å². The van der Waals surface area contributed by atoms with E-state index in [0.717, 1.165) is 64.3 Å². The summed E-state index contributed by atoms with van der Waals surface area (Å²) in [7, 11) is 1.50. The highest BCUT2D eigenvalue weighted by Crippen LogP contribution is 2.39. The number of ether oxygens (including phenoxy) is 1. The smallest absolute Gasteiger partial charge is 0.249 e. The predicted molar refractivity (Wildman–Crippen MR) is 121 cm³/mol. The van der Waals surface area contributed by atoms with Gasteiger partial charge in [-0.1, -0.05) is 0 Å². The van der Waals surface area contributed by atoms with Crippen LogP contribution in [0, 0.1) is 17.8 Å². The molecule has 8 heteroatoms. The highest BCUT2D eigenvalue weighted by molar-refractivity contribution is 5.88. The van der Waals surface area contributed by atoms with Crippen LogP contribution in [0.5, 0.6) is 0 Å². The second-order valence-corrected chi connectivity index (χ2v) is 10.3. The topological polar surface area (TPSA) is 105 Å². The molecule has 0 aromatic heterocycles. The molecule has 4 aliphatic rings. The highest BCUT2D eigenvalue weighted by atomic mass is 16.5. The molecule has 8 nitrogen and oxygen atoms in total. The fraction of sp³-hybridized carbons (Fsp3) is 0.875. The van der Waals surface area contributed by atoms with E-state index in [0.29, 0.717) is 37.4 Å². The number of amides is 3. The molecule has 3 saturated carbocycles. The van der Waals surface area contributed by atoms with Crippen LogP contribution in [0.1, 0.15) is 64.2 Å². The average Bonchev–Trinajstić information content (AvgIpc) is 3.71. The Kier molecular flexibility index (Phi) is 7.71. The molecule has 2 atom stereocenters. The molecule has 1 aliphatic heterocycles. The van der Waals surface area contributed by atoms with Crippen molar-refractivity contribution in [3.63, 3.8) is 0 Å². The fourth-order valence-electron chi connectivity index (χ4n) is 5.54. The van der Waals surface area contributed by atoms with Gasteiger partial charge in [-0.25, -0.2) is 0 Å². The first kappa shape index (κ1) is 23.5. The molecule has 4 rings (SSSR count). The first-order valence-electron chi connectivity index (χ1n) is 12.6. The van der Waals surface area contributed by atoms with E-state index in [2.05, 4.69) is 10.2 Å². The monoisotopic (exact) mass is 448 g/mol.